The second kappa shape index (κ2) is 7.63. The van der Waals surface area contributed by atoms with Crippen LogP contribution < -0.4 is 16.6 Å². The van der Waals surface area contributed by atoms with E-state index in [1.54, 1.807) is 0 Å². The van der Waals surface area contributed by atoms with Gasteiger partial charge in [0.25, 0.3) is 0 Å². The van der Waals surface area contributed by atoms with Gasteiger partial charge in [0.2, 0.25) is 5.96 Å². The van der Waals surface area contributed by atoms with Crippen molar-refractivity contribution < 1.29 is 0 Å². The van der Waals surface area contributed by atoms with Crippen molar-refractivity contribution in [3.8, 4) is 0 Å². The van der Waals surface area contributed by atoms with Crippen LogP contribution in [0.1, 0.15) is 25.6 Å². The average molecular weight is 225 g/mol. The molecule has 0 radical (unpaired) electrons. The molecule has 0 aliphatic heterocycles. The topological polar surface area (TPSA) is 104 Å². The molecule has 1 aromatic rings. The van der Waals surface area contributed by atoms with Crippen molar-refractivity contribution in [1.82, 2.24) is 25.9 Å². The van der Waals surface area contributed by atoms with Gasteiger partial charge in [0, 0.05) is 19.5 Å². The van der Waals surface area contributed by atoms with E-state index in [0.29, 0.717) is 5.96 Å². The van der Waals surface area contributed by atoms with E-state index in [2.05, 4.69) is 37.8 Å². The minimum atomic E-state index is 0.638. The summed E-state index contributed by atoms with van der Waals surface area (Å²) in [5.41, 5.74) is 2.53. The maximum atomic E-state index is 5.32. The van der Waals surface area contributed by atoms with E-state index in [1.807, 2.05) is 0 Å². The van der Waals surface area contributed by atoms with Crippen LogP contribution >= 0.6 is 0 Å². The molecule has 0 fully saturated rings. The lowest BCUT2D eigenvalue weighted by molar-refractivity contribution is 0.722. The number of guanidine groups is 1. The zero-order chi connectivity index (χ0) is 11.6. The Morgan fingerprint density at radius 2 is 2.50 bits per heavy atom. The number of hydrogen-bond acceptors (Lipinski definition) is 4. The summed E-state index contributed by atoms with van der Waals surface area (Å²) in [4.78, 5) is 8.27. The molecule has 0 aliphatic carbocycles. The Balaban J connectivity index is 2.13. The first-order valence-electron chi connectivity index (χ1n) is 5.46. The fourth-order valence-corrected chi connectivity index (χ4v) is 1.19. The summed E-state index contributed by atoms with van der Waals surface area (Å²) < 4.78 is 0. The molecule has 0 bridgehead atoms. The van der Waals surface area contributed by atoms with Crippen LogP contribution in [-0.4, -0.2) is 34.2 Å². The van der Waals surface area contributed by atoms with E-state index in [9.17, 15) is 0 Å². The van der Waals surface area contributed by atoms with Gasteiger partial charge in [-0.3, -0.25) is 15.5 Å². The van der Waals surface area contributed by atoms with Gasteiger partial charge in [-0.25, -0.2) is 10.8 Å². The number of aliphatic imine (C=N–C) groups is 1. The molecule has 1 rings (SSSR count). The molecule has 7 nitrogen and oxygen atoms in total. The summed E-state index contributed by atoms with van der Waals surface area (Å²) in [5.74, 6) is 6.85. The van der Waals surface area contributed by atoms with Gasteiger partial charge < -0.3 is 5.32 Å². The standard InChI is InChI=1S/C9H19N7/c1-2-5-11-9(15-10)12-6-3-4-8-13-7-14-16-8/h7H,2-6,10H2,1H3,(H2,11,12,15)(H,13,14,16). The zero-order valence-electron chi connectivity index (χ0n) is 9.53. The van der Waals surface area contributed by atoms with Gasteiger partial charge in [0.15, 0.2) is 0 Å². The molecule has 0 aromatic carbocycles. The zero-order valence-corrected chi connectivity index (χ0v) is 9.53. The number of aromatic amines is 1. The number of hydrazine groups is 1. The highest BCUT2D eigenvalue weighted by Gasteiger charge is 1.97. The van der Waals surface area contributed by atoms with Gasteiger partial charge in [0.1, 0.15) is 12.2 Å². The van der Waals surface area contributed by atoms with Crippen molar-refractivity contribution >= 4 is 5.96 Å². The van der Waals surface area contributed by atoms with Gasteiger partial charge in [-0.2, -0.15) is 5.10 Å². The van der Waals surface area contributed by atoms with Gasteiger partial charge in [-0.1, -0.05) is 6.92 Å². The van der Waals surface area contributed by atoms with E-state index in [0.717, 1.165) is 38.2 Å². The predicted octanol–water partition coefficient (Wildman–Crippen LogP) is -0.444. The Hall–Kier alpha value is -1.63. The molecule has 0 unspecified atom stereocenters. The molecule has 1 heterocycles. The van der Waals surface area contributed by atoms with Gasteiger partial charge >= 0.3 is 0 Å². The summed E-state index contributed by atoms with van der Waals surface area (Å²) in [5, 5.41) is 9.71. The lowest BCUT2D eigenvalue weighted by Crippen LogP contribution is -2.42. The summed E-state index contributed by atoms with van der Waals surface area (Å²) >= 11 is 0. The molecule has 7 heteroatoms. The van der Waals surface area contributed by atoms with E-state index in [4.69, 9.17) is 5.84 Å². The third-order valence-electron chi connectivity index (χ3n) is 1.98. The first-order chi connectivity index (χ1) is 7.86. The first-order valence-corrected chi connectivity index (χ1v) is 5.46. The van der Waals surface area contributed by atoms with Crippen LogP contribution in [0.4, 0.5) is 0 Å². The lowest BCUT2D eigenvalue weighted by atomic mass is 10.3. The Morgan fingerprint density at radius 1 is 1.62 bits per heavy atom. The fraction of sp³-hybridized carbons (Fsp3) is 0.667. The van der Waals surface area contributed by atoms with Crippen LogP contribution in [0.5, 0.6) is 0 Å². The minimum Gasteiger partial charge on any atom is -0.355 e. The van der Waals surface area contributed by atoms with Crippen molar-refractivity contribution in [2.75, 3.05) is 13.1 Å². The van der Waals surface area contributed by atoms with E-state index in [-0.39, 0.29) is 0 Å². The van der Waals surface area contributed by atoms with Crippen molar-refractivity contribution in [3.63, 3.8) is 0 Å². The highest BCUT2D eigenvalue weighted by Crippen LogP contribution is 1.91. The summed E-state index contributed by atoms with van der Waals surface area (Å²) in [6.07, 6.45) is 4.32. The molecular weight excluding hydrogens is 206 g/mol. The van der Waals surface area contributed by atoms with Crippen LogP contribution in [0.3, 0.4) is 0 Å². The van der Waals surface area contributed by atoms with E-state index in [1.165, 1.54) is 6.33 Å². The molecule has 0 saturated carbocycles. The summed E-state index contributed by atoms with van der Waals surface area (Å²) in [7, 11) is 0. The minimum absolute atomic E-state index is 0.638. The molecule has 0 aliphatic rings. The quantitative estimate of drug-likeness (QED) is 0.173. The maximum Gasteiger partial charge on any atom is 0.205 e. The molecule has 16 heavy (non-hydrogen) atoms. The van der Waals surface area contributed by atoms with Gasteiger partial charge in [-0.05, 0) is 12.8 Å². The van der Waals surface area contributed by atoms with Gasteiger partial charge in [-0.15, -0.1) is 0 Å². The number of H-pyrrole nitrogens is 1. The van der Waals surface area contributed by atoms with Crippen LogP contribution in [-0.2, 0) is 6.42 Å². The lowest BCUT2D eigenvalue weighted by Gasteiger charge is -2.07. The third-order valence-corrected chi connectivity index (χ3v) is 1.98. The maximum absolute atomic E-state index is 5.32. The number of aromatic nitrogens is 3. The van der Waals surface area contributed by atoms with Crippen LogP contribution in [0.25, 0.3) is 0 Å². The number of aryl methyl sites for hydroxylation is 1. The average Bonchev–Trinajstić information content (AvgIpc) is 2.81. The van der Waals surface area contributed by atoms with Crippen molar-refractivity contribution in [2.24, 2.45) is 10.8 Å². The SMILES string of the molecule is CCCN=C(NN)NCCCc1ncn[nH]1. The normalized spacial score (nSPS) is 11.5. The number of rotatable bonds is 6. The molecule has 0 amide bonds. The van der Waals surface area contributed by atoms with Crippen molar-refractivity contribution in [2.45, 2.75) is 26.2 Å². The molecular formula is C9H19N7. The second-order valence-corrected chi connectivity index (χ2v) is 3.34. The van der Waals surface area contributed by atoms with Crippen LogP contribution in [0.2, 0.25) is 0 Å². The smallest absolute Gasteiger partial charge is 0.205 e. The first kappa shape index (κ1) is 12.4. The van der Waals surface area contributed by atoms with E-state index < -0.39 is 0 Å². The molecule has 0 atom stereocenters. The molecule has 0 spiro atoms. The Labute approximate surface area is 94.9 Å². The molecule has 1 aromatic heterocycles. The highest BCUT2D eigenvalue weighted by atomic mass is 15.3. The number of nitrogens with two attached hydrogens (primary N) is 1. The van der Waals surface area contributed by atoms with Crippen LogP contribution in [0, 0.1) is 0 Å². The van der Waals surface area contributed by atoms with Crippen molar-refractivity contribution in [1.29, 1.82) is 0 Å². The van der Waals surface area contributed by atoms with E-state index >= 15 is 0 Å². The van der Waals surface area contributed by atoms with Gasteiger partial charge in [0.05, 0.1) is 0 Å². The van der Waals surface area contributed by atoms with Crippen LogP contribution in [0.15, 0.2) is 11.3 Å². The summed E-state index contributed by atoms with van der Waals surface area (Å²) in [6.45, 7) is 3.64. The fourth-order valence-electron chi connectivity index (χ4n) is 1.19. The second-order valence-electron chi connectivity index (χ2n) is 3.34. The largest absolute Gasteiger partial charge is 0.355 e. The molecule has 0 saturated heterocycles. The number of hydrogen-bond donors (Lipinski definition) is 4. The van der Waals surface area contributed by atoms with Crippen molar-refractivity contribution in [3.05, 3.63) is 12.2 Å². The Kier molecular flexibility index (Phi) is 5.94. The molecule has 5 N–H and O–H groups in total. The Morgan fingerprint density at radius 3 is 3.12 bits per heavy atom. The monoisotopic (exact) mass is 225 g/mol. The Bertz CT molecular complexity index is 293. The third kappa shape index (κ3) is 4.74. The molecule has 90 valence electrons. The number of nitrogens with zero attached hydrogens (tertiary/aromatic N) is 3. The summed E-state index contributed by atoms with van der Waals surface area (Å²) in [6, 6.07) is 0. The predicted molar refractivity (Wildman–Crippen MR) is 62.6 cm³/mol. The number of nitrogens with one attached hydrogen (secondary N) is 3. The highest BCUT2D eigenvalue weighted by molar-refractivity contribution is 5.79.